The second-order valence-corrected chi connectivity index (χ2v) is 4.24. The number of rotatable bonds is 0. The van der Waals surface area contributed by atoms with E-state index in [1.807, 2.05) is 0 Å². The van der Waals surface area contributed by atoms with Gasteiger partial charge in [-0.2, -0.15) is 0 Å². The Morgan fingerprint density at radius 1 is 0.231 bits per heavy atom. The average Bonchev–Trinajstić information content (AvgIpc) is 2.05. The standard InChI is InChI=1S/C12H24.BH3/c1-2-4-6-8-10-12-11-9-7-5-3-1;/h1-12H2;1H3. The fraction of sp³-hybridized carbons (Fsp3) is 1.00. The summed E-state index contributed by atoms with van der Waals surface area (Å²) in [6, 6.07) is 0. The fourth-order valence-corrected chi connectivity index (χ4v) is 2.12. The lowest BCUT2D eigenvalue weighted by Gasteiger charge is -2.05. The Morgan fingerprint density at radius 3 is 0.385 bits per heavy atom. The van der Waals surface area contributed by atoms with Crippen LogP contribution in [0, 0.1) is 0 Å². The molecular formula is C12H27B. The highest BCUT2D eigenvalue weighted by atomic mass is 14.0. The van der Waals surface area contributed by atoms with E-state index in [9.17, 15) is 0 Å². The zero-order valence-electron chi connectivity index (χ0n) is 8.49. The first-order chi connectivity index (χ1) is 6.00. The van der Waals surface area contributed by atoms with Gasteiger partial charge < -0.3 is 0 Å². The highest BCUT2D eigenvalue weighted by Crippen LogP contribution is 2.15. The van der Waals surface area contributed by atoms with E-state index in [0.717, 1.165) is 0 Å². The van der Waals surface area contributed by atoms with Crippen LogP contribution in [-0.4, -0.2) is 8.41 Å². The van der Waals surface area contributed by atoms with Gasteiger partial charge in [-0.3, -0.25) is 0 Å². The minimum Gasteiger partial charge on any atom is -0.0533 e. The first-order valence-electron chi connectivity index (χ1n) is 6.00. The second kappa shape index (κ2) is 10.1. The molecule has 0 atom stereocenters. The molecule has 0 N–H and O–H groups in total. The van der Waals surface area contributed by atoms with Crippen LogP contribution in [0.2, 0.25) is 0 Å². The summed E-state index contributed by atoms with van der Waals surface area (Å²) in [5.74, 6) is 0. The van der Waals surface area contributed by atoms with Crippen molar-refractivity contribution in [3.8, 4) is 0 Å². The molecule has 0 saturated heterocycles. The maximum atomic E-state index is 1.50. The van der Waals surface area contributed by atoms with Crippen LogP contribution in [0.15, 0.2) is 0 Å². The third-order valence-corrected chi connectivity index (χ3v) is 3.00. The van der Waals surface area contributed by atoms with Crippen molar-refractivity contribution in [3.05, 3.63) is 0 Å². The third kappa shape index (κ3) is 8.40. The van der Waals surface area contributed by atoms with Crippen LogP contribution in [-0.2, 0) is 0 Å². The first kappa shape index (κ1) is 13.1. The molecule has 1 aliphatic carbocycles. The Bertz CT molecular complexity index is 48.1. The molecule has 0 unspecified atom stereocenters. The Labute approximate surface area is 86.1 Å². The smallest absolute Gasteiger partial charge is 0.0533 e. The van der Waals surface area contributed by atoms with E-state index in [1.54, 1.807) is 0 Å². The number of hydrogen-bond acceptors (Lipinski definition) is 0. The lowest BCUT2D eigenvalue weighted by Crippen LogP contribution is -1.85. The molecule has 0 bridgehead atoms. The van der Waals surface area contributed by atoms with Gasteiger partial charge in [0.2, 0.25) is 0 Å². The van der Waals surface area contributed by atoms with Gasteiger partial charge in [0.1, 0.15) is 0 Å². The predicted molar refractivity (Wildman–Crippen MR) is 65.3 cm³/mol. The van der Waals surface area contributed by atoms with E-state index in [4.69, 9.17) is 0 Å². The van der Waals surface area contributed by atoms with E-state index in [-0.39, 0.29) is 8.41 Å². The van der Waals surface area contributed by atoms with Crippen LogP contribution < -0.4 is 0 Å². The second-order valence-electron chi connectivity index (χ2n) is 4.24. The Kier molecular flexibility index (Phi) is 10.2. The molecule has 0 aromatic heterocycles. The minimum absolute atomic E-state index is 0. The number of hydrogen-bond donors (Lipinski definition) is 0. The van der Waals surface area contributed by atoms with E-state index in [0.29, 0.717) is 0 Å². The predicted octanol–water partition coefficient (Wildman–Crippen LogP) is 3.50. The highest BCUT2D eigenvalue weighted by molar-refractivity contribution is 5.75. The molecule has 78 valence electrons. The van der Waals surface area contributed by atoms with Gasteiger partial charge in [0.15, 0.2) is 0 Å². The van der Waals surface area contributed by atoms with E-state index >= 15 is 0 Å². The molecule has 0 radical (unpaired) electrons. The van der Waals surface area contributed by atoms with Crippen molar-refractivity contribution >= 4 is 8.41 Å². The Balaban J connectivity index is 0.00000144. The maximum Gasteiger partial charge on any atom is 0.0814 e. The lowest BCUT2D eigenvalue weighted by atomic mass is 10.0. The van der Waals surface area contributed by atoms with Crippen LogP contribution >= 0.6 is 0 Å². The van der Waals surface area contributed by atoms with Gasteiger partial charge in [0.25, 0.3) is 0 Å². The molecule has 1 rings (SSSR count). The summed E-state index contributed by atoms with van der Waals surface area (Å²) >= 11 is 0. The fourth-order valence-electron chi connectivity index (χ4n) is 2.12. The van der Waals surface area contributed by atoms with Gasteiger partial charge in [-0.25, -0.2) is 0 Å². The quantitative estimate of drug-likeness (QED) is 0.503. The molecule has 0 heterocycles. The van der Waals surface area contributed by atoms with E-state index in [2.05, 4.69) is 0 Å². The molecule has 0 aromatic carbocycles. The normalized spacial score (nSPS) is 22.2. The van der Waals surface area contributed by atoms with Gasteiger partial charge in [0.05, 0.1) is 8.41 Å². The average molecular weight is 182 g/mol. The summed E-state index contributed by atoms with van der Waals surface area (Å²) in [5.41, 5.74) is 0. The van der Waals surface area contributed by atoms with Crippen molar-refractivity contribution in [3.63, 3.8) is 0 Å². The van der Waals surface area contributed by atoms with Crippen molar-refractivity contribution in [1.82, 2.24) is 0 Å². The summed E-state index contributed by atoms with van der Waals surface area (Å²) in [6.07, 6.45) is 18.0. The molecule has 0 nitrogen and oxygen atoms in total. The van der Waals surface area contributed by atoms with Crippen LogP contribution in [0.1, 0.15) is 77.0 Å². The maximum absolute atomic E-state index is 1.50. The summed E-state index contributed by atoms with van der Waals surface area (Å²) in [4.78, 5) is 0. The van der Waals surface area contributed by atoms with Crippen molar-refractivity contribution in [1.29, 1.82) is 0 Å². The summed E-state index contributed by atoms with van der Waals surface area (Å²) < 4.78 is 0. The molecule has 0 aromatic rings. The summed E-state index contributed by atoms with van der Waals surface area (Å²) in [7, 11) is 0. The molecular weight excluding hydrogens is 155 g/mol. The Morgan fingerprint density at radius 2 is 0.308 bits per heavy atom. The van der Waals surface area contributed by atoms with Crippen molar-refractivity contribution in [2.45, 2.75) is 77.0 Å². The Hall–Kier alpha value is 0.0649. The molecule has 1 fully saturated rings. The minimum atomic E-state index is 0. The third-order valence-electron chi connectivity index (χ3n) is 3.00. The molecule has 1 aliphatic rings. The van der Waals surface area contributed by atoms with E-state index in [1.165, 1.54) is 77.0 Å². The van der Waals surface area contributed by atoms with Gasteiger partial charge in [-0.15, -0.1) is 0 Å². The summed E-state index contributed by atoms with van der Waals surface area (Å²) in [6.45, 7) is 0. The van der Waals surface area contributed by atoms with Crippen LogP contribution in [0.25, 0.3) is 0 Å². The van der Waals surface area contributed by atoms with Crippen LogP contribution in [0.4, 0.5) is 0 Å². The van der Waals surface area contributed by atoms with Crippen molar-refractivity contribution in [2.24, 2.45) is 0 Å². The molecule has 0 spiro atoms. The topological polar surface area (TPSA) is 0 Å². The monoisotopic (exact) mass is 182 g/mol. The SMILES string of the molecule is B.C1CCCCCCCCCCC1. The molecule has 13 heavy (non-hydrogen) atoms. The highest BCUT2D eigenvalue weighted by Gasteiger charge is 1.96. The van der Waals surface area contributed by atoms with Gasteiger partial charge in [-0.1, -0.05) is 77.0 Å². The van der Waals surface area contributed by atoms with Crippen LogP contribution in [0.3, 0.4) is 0 Å². The zero-order valence-corrected chi connectivity index (χ0v) is 8.49. The molecule has 1 saturated carbocycles. The first-order valence-corrected chi connectivity index (χ1v) is 6.00. The molecule has 0 amide bonds. The zero-order chi connectivity index (χ0) is 8.49. The lowest BCUT2D eigenvalue weighted by molar-refractivity contribution is 0.504. The van der Waals surface area contributed by atoms with Crippen molar-refractivity contribution < 1.29 is 0 Å². The largest absolute Gasteiger partial charge is 0.0814 e. The molecule has 0 aliphatic heterocycles. The van der Waals surface area contributed by atoms with Gasteiger partial charge in [-0.05, 0) is 0 Å². The van der Waals surface area contributed by atoms with Gasteiger partial charge in [0, 0.05) is 0 Å². The van der Waals surface area contributed by atoms with E-state index < -0.39 is 0 Å². The van der Waals surface area contributed by atoms with Crippen LogP contribution in [0.5, 0.6) is 0 Å². The molecule has 1 heteroatoms. The van der Waals surface area contributed by atoms with Crippen molar-refractivity contribution in [2.75, 3.05) is 0 Å². The van der Waals surface area contributed by atoms with Gasteiger partial charge >= 0.3 is 0 Å². The summed E-state index contributed by atoms with van der Waals surface area (Å²) in [5, 5.41) is 0.